The molecule has 0 saturated heterocycles. The van der Waals surface area contributed by atoms with Gasteiger partial charge in [-0.05, 0) is 51.4 Å². The highest BCUT2D eigenvalue weighted by molar-refractivity contribution is 6.61. The Morgan fingerprint density at radius 2 is 1.04 bits per heavy atom. The maximum atomic E-state index is 5.93. The molecule has 0 aromatic heterocycles. The highest BCUT2D eigenvalue weighted by atomic mass is 28.3. The molecule has 0 saturated carbocycles. The molecule has 0 spiro atoms. The Bertz CT molecular complexity index is 1000. The fourth-order valence-corrected chi connectivity index (χ4v) is 5.26. The van der Waals surface area contributed by atoms with Crippen LogP contribution in [-0.4, -0.2) is 22.5 Å². The summed E-state index contributed by atoms with van der Waals surface area (Å²) in [5.41, 5.74) is 0. The van der Waals surface area contributed by atoms with E-state index < -0.39 is 9.28 Å². The third-order valence-corrected chi connectivity index (χ3v) is 6.85. The van der Waals surface area contributed by atoms with Gasteiger partial charge >= 0.3 is 9.28 Å². The molecule has 0 radical (unpaired) electrons. The quantitative estimate of drug-likeness (QED) is 0.387. The summed E-state index contributed by atoms with van der Waals surface area (Å²) in [6.07, 6.45) is 0. The molecule has 0 N–H and O–H groups in total. The van der Waals surface area contributed by atoms with Crippen molar-refractivity contribution in [2.75, 3.05) is 13.2 Å². The molecular weight excluding hydrogens is 324 g/mol. The van der Waals surface area contributed by atoms with Gasteiger partial charge in [-0.1, -0.05) is 66.7 Å². The van der Waals surface area contributed by atoms with Crippen LogP contribution in [0.15, 0.2) is 66.7 Å². The Morgan fingerprint density at radius 3 is 1.52 bits per heavy atom. The minimum atomic E-state index is -1.84. The summed E-state index contributed by atoms with van der Waals surface area (Å²) in [6.45, 7) is 5.44. The van der Waals surface area contributed by atoms with E-state index in [4.69, 9.17) is 8.85 Å². The summed E-state index contributed by atoms with van der Waals surface area (Å²) in [6, 6.07) is 24.0. The predicted octanol–water partition coefficient (Wildman–Crippen LogP) is 4.65. The van der Waals surface area contributed by atoms with Crippen molar-refractivity contribution in [2.24, 2.45) is 0 Å². The topological polar surface area (TPSA) is 18.5 Å². The average molecular weight is 347 g/mol. The van der Waals surface area contributed by atoms with Crippen molar-refractivity contribution >= 4 is 46.8 Å². The lowest BCUT2D eigenvalue weighted by atomic mass is 9.94. The van der Waals surface area contributed by atoms with Gasteiger partial charge in [0, 0.05) is 13.2 Å². The molecule has 0 aliphatic rings. The number of fused-ring (bicyclic) bond motifs is 6. The van der Waals surface area contributed by atoms with Crippen LogP contribution in [0.3, 0.4) is 0 Å². The maximum absolute atomic E-state index is 5.93. The van der Waals surface area contributed by atoms with Gasteiger partial charge in [-0.25, -0.2) is 0 Å². The second kappa shape index (κ2) is 6.96. The Morgan fingerprint density at radius 1 is 0.600 bits per heavy atom. The van der Waals surface area contributed by atoms with Gasteiger partial charge < -0.3 is 8.85 Å². The molecule has 4 aromatic rings. The molecule has 4 rings (SSSR count). The molecule has 126 valence electrons. The molecule has 0 aliphatic carbocycles. The lowest BCUT2D eigenvalue weighted by Gasteiger charge is -2.17. The first kappa shape index (κ1) is 16.3. The average Bonchev–Trinajstić information content (AvgIpc) is 2.68. The van der Waals surface area contributed by atoms with E-state index >= 15 is 0 Å². The Balaban J connectivity index is 2.04. The minimum Gasteiger partial charge on any atom is -0.394 e. The fraction of sp³-hybridized carbons (Fsp3) is 0.182. The van der Waals surface area contributed by atoms with E-state index in [2.05, 4.69) is 66.7 Å². The smallest absolute Gasteiger partial charge is 0.355 e. The lowest BCUT2D eigenvalue weighted by Crippen LogP contribution is -2.36. The number of hydrogen-bond acceptors (Lipinski definition) is 2. The zero-order valence-corrected chi connectivity index (χ0v) is 15.8. The van der Waals surface area contributed by atoms with E-state index in [1.807, 2.05) is 13.8 Å². The Kier molecular flexibility index (Phi) is 4.53. The van der Waals surface area contributed by atoms with E-state index in [9.17, 15) is 0 Å². The van der Waals surface area contributed by atoms with Crippen molar-refractivity contribution in [2.45, 2.75) is 13.8 Å². The molecule has 4 aromatic carbocycles. The van der Waals surface area contributed by atoms with Crippen LogP contribution in [0.25, 0.3) is 32.3 Å². The van der Waals surface area contributed by atoms with Gasteiger partial charge in [-0.3, -0.25) is 0 Å². The highest BCUT2D eigenvalue weighted by Crippen LogP contribution is 2.34. The van der Waals surface area contributed by atoms with Crippen molar-refractivity contribution < 1.29 is 8.85 Å². The van der Waals surface area contributed by atoms with Crippen LogP contribution >= 0.6 is 0 Å². The van der Waals surface area contributed by atoms with E-state index in [0.717, 1.165) is 0 Å². The van der Waals surface area contributed by atoms with Crippen LogP contribution in [0.2, 0.25) is 0 Å². The van der Waals surface area contributed by atoms with Crippen LogP contribution < -0.4 is 5.19 Å². The summed E-state index contributed by atoms with van der Waals surface area (Å²) in [4.78, 5) is 0. The van der Waals surface area contributed by atoms with Crippen LogP contribution in [0.4, 0.5) is 0 Å². The fourth-order valence-electron chi connectivity index (χ4n) is 3.62. The van der Waals surface area contributed by atoms with Crippen molar-refractivity contribution in [3.05, 3.63) is 66.7 Å². The third-order valence-electron chi connectivity index (χ3n) is 4.68. The normalized spacial score (nSPS) is 11.8. The second-order valence-electron chi connectivity index (χ2n) is 6.14. The molecular formula is C22H22O2Si. The molecule has 0 unspecified atom stereocenters. The van der Waals surface area contributed by atoms with E-state index in [1.165, 1.54) is 37.5 Å². The van der Waals surface area contributed by atoms with Gasteiger partial charge in [0.2, 0.25) is 0 Å². The van der Waals surface area contributed by atoms with Crippen molar-refractivity contribution in [1.29, 1.82) is 0 Å². The first-order valence-electron chi connectivity index (χ1n) is 8.89. The number of hydrogen-bond donors (Lipinski definition) is 0. The van der Waals surface area contributed by atoms with Gasteiger partial charge in [0.15, 0.2) is 0 Å². The van der Waals surface area contributed by atoms with Gasteiger partial charge in [-0.15, -0.1) is 0 Å². The van der Waals surface area contributed by atoms with Gasteiger partial charge in [0.1, 0.15) is 0 Å². The summed E-state index contributed by atoms with van der Waals surface area (Å²) < 4.78 is 11.9. The molecule has 0 aliphatic heterocycles. The van der Waals surface area contributed by atoms with Crippen LogP contribution in [0.5, 0.6) is 0 Å². The van der Waals surface area contributed by atoms with E-state index in [0.29, 0.717) is 13.2 Å². The summed E-state index contributed by atoms with van der Waals surface area (Å²) in [5.74, 6) is 0. The van der Waals surface area contributed by atoms with Crippen molar-refractivity contribution in [3.63, 3.8) is 0 Å². The standard InChI is InChI=1S/C22H22O2Si/c1-3-23-25(24-4-2)16-13-14-21-19-11-6-5-9-17(19)18-10-7-8-12-20(18)22(21)15-16/h5-15,25H,3-4H2,1-2H3. The molecule has 0 amide bonds. The van der Waals surface area contributed by atoms with Gasteiger partial charge in [0.25, 0.3) is 0 Å². The molecule has 2 nitrogen and oxygen atoms in total. The Labute approximate surface area is 149 Å². The third kappa shape index (κ3) is 2.84. The summed E-state index contributed by atoms with van der Waals surface area (Å²) in [7, 11) is -1.84. The van der Waals surface area contributed by atoms with Crippen LogP contribution in [0, 0.1) is 0 Å². The number of benzene rings is 4. The minimum absolute atomic E-state index is 0.688. The van der Waals surface area contributed by atoms with Gasteiger partial charge in [0.05, 0.1) is 0 Å². The molecule has 0 heterocycles. The number of rotatable bonds is 5. The van der Waals surface area contributed by atoms with E-state index in [1.54, 1.807) is 0 Å². The SMILES string of the molecule is CCO[SiH](OCC)c1ccc2c3ccccc3c3ccccc3c2c1. The lowest BCUT2D eigenvalue weighted by molar-refractivity contribution is 0.225. The second-order valence-corrected chi connectivity index (χ2v) is 8.14. The zero-order valence-electron chi connectivity index (χ0n) is 14.7. The van der Waals surface area contributed by atoms with Crippen molar-refractivity contribution in [1.82, 2.24) is 0 Å². The monoisotopic (exact) mass is 346 g/mol. The van der Waals surface area contributed by atoms with Crippen LogP contribution in [0.1, 0.15) is 13.8 Å². The van der Waals surface area contributed by atoms with Crippen molar-refractivity contribution in [3.8, 4) is 0 Å². The highest BCUT2D eigenvalue weighted by Gasteiger charge is 2.17. The molecule has 0 atom stereocenters. The molecule has 0 fully saturated rings. The maximum Gasteiger partial charge on any atom is 0.355 e. The Hall–Kier alpha value is -2.20. The zero-order chi connectivity index (χ0) is 17.2. The largest absolute Gasteiger partial charge is 0.394 e. The first-order valence-corrected chi connectivity index (χ1v) is 10.4. The van der Waals surface area contributed by atoms with Crippen LogP contribution in [-0.2, 0) is 8.85 Å². The predicted molar refractivity (Wildman–Crippen MR) is 109 cm³/mol. The van der Waals surface area contributed by atoms with Gasteiger partial charge in [-0.2, -0.15) is 0 Å². The molecule has 25 heavy (non-hydrogen) atoms. The molecule has 0 bridgehead atoms. The molecule has 3 heteroatoms. The van der Waals surface area contributed by atoms with E-state index in [-0.39, 0.29) is 0 Å². The first-order chi connectivity index (χ1) is 12.3. The summed E-state index contributed by atoms with van der Waals surface area (Å²) in [5, 5.41) is 8.97. The summed E-state index contributed by atoms with van der Waals surface area (Å²) >= 11 is 0.